The van der Waals surface area contributed by atoms with Crippen LogP contribution in [0.5, 0.6) is 5.75 Å². The Hall–Kier alpha value is -3.99. The number of benzene rings is 2. The number of fused-ring (bicyclic) bond motifs is 1. The molecule has 0 radical (unpaired) electrons. The highest BCUT2D eigenvalue weighted by atomic mass is 19.1. The predicted molar refractivity (Wildman–Crippen MR) is 155 cm³/mol. The van der Waals surface area contributed by atoms with Crippen LogP contribution in [0.1, 0.15) is 50.8 Å². The van der Waals surface area contributed by atoms with Crippen molar-refractivity contribution < 1.29 is 28.3 Å². The molecular weight excluding hydrogens is 541 g/mol. The van der Waals surface area contributed by atoms with Gasteiger partial charge >= 0.3 is 6.09 Å². The molecule has 0 bridgehead atoms. The lowest BCUT2D eigenvalue weighted by molar-refractivity contribution is -0.147. The second-order valence-corrected chi connectivity index (χ2v) is 11.2. The van der Waals surface area contributed by atoms with E-state index < -0.39 is 35.9 Å². The van der Waals surface area contributed by atoms with Crippen LogP contribution in [0.15, 0.2) is 48.5 Å². The number of hydrogen-bond donors (Lipinski definition) is 3. The van der Waals surface area contributed by atoms with Crippen LogP contribution in [0.25, 0.3) is 0 Å². The third kappa shape index (κ3) is 7.25. The van der Waals surface area contributed by atoms with E-state index in [-0.39, 0.29) is 49.2 Å². The molecule has 2 aliphatic rings. The number of piperazine rings is 1. The average molecular weight is 582 g/mol. The molecule has 4 atom stereocenters. The molecule has 1 saturated heterocycles. The van der Waals surface area contributed by atoms with Gasteiger partial charge in [0.1, 0.15) is 23.7 Å². The zero-order chi connectivity index (χ0) is 30.4. The Morgan fingerprint density at radius 2 is 1.71 bits per heavy atom. The highest BCUT2D eigenvalue weighted by Crippen LogP contribution is 2.30. The quantitative estimate of drug-likeness (QED) is 0.441. The first kappa shape index (κ1) is 31.0. The van der Waals surface area contributed by atoms with Gasteiger partial charge in [0.25, 0.3) is 0 Å². The fourth-order valence-electron chi connectivity index (χ4n) is 5.38. The summed E-state index contributed by atoms with van der Waals surface area (Å²) in [5.41, 5.74) is 2.23. The third-order valence-electron chi connectivity index (χ3n) is 7.99. The van der Waals surface area contributed by atoms with Gasteiger partial charge in [0.05, 0.1) is 18.6 Å². The number of nitrogens with zero attached hydrogens (tertiary/aromatic N) is 2. The fourth-order valence-corrected chi connectivity index (χ4v) is 5.38. The van der Waals surface area contributed by atoms with Crippen LogP contribution >= 0.6 is 0 Å². The highest BCUT2D eigenvalue weighted by molar-refractivity contribution is 5.94. The number of carbonyl (C=O) groups is 4. The van der Waals surface area contributed by atoms with E-state index >= 15 is 0 Å². The first-order chi connectivity index (χ1) is 20.1. The van der Waals surface area contributed by atoms with Crippen molar-refractivity contribution in [3.05, 3.63) is 65.5 Å². The van der Waals surface area contributed by atoms with E-state index in [2.05, 4.69) is 22.0 Å². The zero-order valence-electron chi connectivity index (χ0n) is 24.6. The van der Waals surface area contributed by atoms with Crippen molar-refractivity contribution in [1.29, 1.82) is 0 Å². The second-order valence-electron chi connectivity index (χ2n) is 11.2. The smallest absolute Gasteiger partial charge is 0.410 e. The Kier molecular flexibility index (Phi) is 10.2. The topological polar surface area (TPSA) is 120 Å². The molecule has 42 heavy (non-hydrogen) atoms. The summed E-state index contributed by atoms with van der Waals surface area (Å²) < 4.78 is 18.8. The van der Waals surface area contributed by atoms with E-state index in [1.165, 1.54) is 39.6 Å². The number of halogens is 1. The van der Waals surface area contributed by atoms with Crippen LogP contribution in [0.3, 0.4) is 0 Å². The van der Waals surface area contributed by atoms with Gasteiger partial charge in [-0.15, -0.1) is 0 Å². The van der Waals surface area contributed by atoms with Gasteiger partial charge in [-0.2, -0.15) is 0 Å². The minimum Gasteiger partial charge on any atom is -0.410 e. The first-order valence-corrected chi connectivity index (χ1v) is 14.5. The van der Waals surface area contributed by atoms with Gasteiger partial charge in [-0.25, -0.2) is 9.18 Å². The maximum Gasteiger partial charge on any atom is 0.415 e. The van der Waals surface area contributed by atoms with E-state index in [1.54, 1.807) is 14.0 Å². The van der Waals surface area contributed by atoms with Crippen molar-refractivity contribution in [2.45, 2.75) is 64.2 Å². The van der Waals surface area contributed by atoms with E-state index in [9.17, 15) is 23.6 Å². The summed E-state index contributed by atoms with van der Waals surface area (Å²) in [6.07, 6.45) is 1.90. The van der Waals surface area contributed by atoms with Gasteiger partial charge in [0.2, 0.25) is 17.7 Å². The predicted octanol–water partition coefficient (Wildman–Crippen LogP) is 2.78. The zero-order valence-corrected chi connectivity index (χ0v) is 24.6. The number of ether oxygens (including phenoxy) is 1. The molecule has 4 amide bonds. The summed E-state index contributed by atoms with van der Waals surface area (Å²) in [6, 6.07) is 10.4. The number of carbonyl (C=O) groups excluding carboxylic acids is 4. The van der Waals surface area contributed by atoms with Gasteiger partial charge in [0, 0.05) is 13.1 Å². The molecule has 1 heterocycles. The number of likely N-dealkylation sites (N-methyl/N-ethyl adjacent to an activating group) is 1. The molecular formula is C31H40FN5O5. The monoisotopic (exact) mass is 581 g/mol. The van der Waals surface area contributed by atoms with Crippen LogP contribution in [0.2, 0.25) is 0 Å². The van der Waals surface area contributed by atoms with Crippen LogP contribution in [-0.4, -0.2) is 78.4 Å². The van der Waals surface area contributed by atoms with Crippen molar-refractivity contribution in [1.82, 2.24) is 25.8 Å². The Morgan fingerprint density at radius 1 is 1.00 bits per heavy atom. The van der Waals surface area contributed by atoms with E-state index in [4.69, 9.17) is 4.74 Å². The van der Waals surface area contributed by atoms with Gasteiger partial charge in [-0.05, 0) is 74.5 Å². The third-order valence-corrected chi connectivity index (χ3v) is 7.99. The minimum absolute atomic E-state index is 0.0668. The molecule has 3 N–H and O–H groups in total. The van der Waals surface area contributed by atoms with Crippen LogP contribution in [0, 0.1) is 11.7 Å². The fraction of sp³-hybridized carbons (Fsp3) is 0.484. The molecule has 0 aromatic heterocycles. The molecule has 2 aromatic rings. The molecule has 4 rings (SSSR count). The van der Waals surface area contributed by atoms with Crippen LogP contribution in [0.4, 0.5) is 9.18 Å². The lowest BCUT2D eigenvalue weighted by atomic mass is 9.87. The number of nitrogens with one attached hydrogen (secondary N) is 3. The van der Waals surface area contributed by atoms with E-state index in [1.807, 2.05) is 32.0 Å². The van der Waals surface area contributed by atoms with E-state index in [0.29, 0.717) is 0 Å². The lowest BCUT2D eigenvalue weighted by Crippen LogP contribution is -2.65. The largest absolute Gasteiger partial charge is 0.415 e. The standard InChI is InChI=1S/C31H40FN5O5/c1-19(2)27(35-28(38)20(3)33-4)30(40)37-17-16-36(31(41)42-23-14-12-22(32)13-15-23)18-26(37)29(39)34-25-11-7-9-21-8-5-6-10-24(21)25/h5-6,8,10,12-15,19-20,25-27,33H,7,9,11,16-18H2,1-4H3,(H,34,39)(H,35,38)/t20-,25+,26-,27-/m0/s1. The van der Waals surface area contributed by atoms with Crippen molar-refractivity contribution >= 4 is 23.8 Å². The van der Waals surface area contributed by atoms with Gasteiger partial charge in [0.15, 0.2) is 0 Å². The normalized spacial score (nSPS) is 19.9. The number of aryl methyl sites for hydroxylation is 1. The Balaban J connectivity index is 1.57. The van der Waals surface area contributed by atoms with Crippen molar-refractivity contribution in [2.75, 3.05) is 26.7 Å². The maximum absolute atomic E-state index is 13.9. The molecule has 2 aromatic carbocycles. The maximum atomic E-state index is 13.9. The highest BCUT2D eigenvalue weighted by Gasteiger charge is 2.42. The van der Waals surface area contributed by atoms with Crippen LogP contribution < -0.4 is 20.7 Å². The summed E-state index contributed by atoms with van der Waals surface area (Å²) in [5, 5.41) is 8.83. The minimum atomic E-state index is -1.01. The number of amides is 4. The number of hydrogen-bond acceptors (Lipinski definition) is 6. The summed E-state index contributed by atoms with van der Waals surface area (Å²) >= 11 is 0. The van der Waals surface area contributed by atoms with Crippen molar-refractivity contribution in [3.63, 3.8) is 0 Å². The molecule has 0 spiro atoms. The summed E-state index contributed by atoms with van der Waals surface area (Å²) in [7, 11) is 1.66. The Labute approximate surface area is 246 Å². The molecule has 11 heteroatoms. The summed E-state index contributed by atoms with van der Waals surface area (Å²) in [4.78, 5) is 56.4. The van der Waals surface area contributed by atoms with Gasteiger partial charge in [-0.1, -0.05) is 38.1 Å². The van der Waals surface area contributed by atoms with Gasteiger partial charge in [-0.3, -0.25) is 14.4 Å². The SMILES string of the molecule is CN[C@@H](C)C(=O)N[C@H](C(=O)N1CCN(C(=O)Oc2ccc(F)cc2)C[C@H]1C(=O)N[C@@H]1CCCc2ccccc21)C(C)C. The molecule has 1 aliphatic heterocycles. The Bertz CT molecular complexity index is 1290. The van der Waals surface area contributed by atoms with Crippen molar-refractivity contribution in [3.8, 4) is 5.75 Å². The summed E-state index contributed by atoms with van der Waals surface area (Å²) in [6.45, 7) is 5.44. The molecule has 10 nitrogen and oxygen atoms in total. The molecule has 1 aliphatic carbocycles. The van der Waals surface area contributed by atoms with Gasteiger partial charge < -0.3 is 30.5 Å². The Morgan fingerprint density at radius 3 is 2.40 bits per heavy atom. The number of rotatable bonds is 8. The summed E-state index contributed by atoms with van der Waals surface area (Å²) in [5.74, 6) is -1.65. The van der Waals surface area contributed by atoms with Crippen LogP contribution in [-0.2, 0) is 20.8 Å². The van der Waals surface area contributed by atoms with E-state index in [0.717, 1.165) is 24.8 Å². The molecule has 0 saturated carbocycles. The molecule has 226 valence electrons. The molecule has 1 fully saturated rings. The molecule has 0 unspecified atom stereocenters. The lowest BCUT2D eigenvalue weighted by Gasteiger charge is -2.42. The van der Waals surface area contributed by atoms with Crippen molar-refractivity contribution in [2.24, 2.45) is 5.92 Å². The second kappa shape index (κ2) is 13.8. The average Bonchev–Trinajstić information content (AvgIpc) is 2.99. The first-order valence-electron chi connectivity index (χ1n) is 14.5.